The van der Waals surface area contributed by atoms with Gasteiger partial charge in [-0.1, -0.05) is 18.2 Å². The molecule has 1 aliphatic rings. The van der Waals surface area contributed by atoms with Crippen molar-refractivity contribution in [2.75, 3.05) is 13.7 Å². The number of nitrogens with zero attached hydrogens (tertiary/aromatic N) is 3. The highest BCUT2D eigenvalue weighted by Crippen LogP contribution is 2.29. The molecule has 1 aromatic carbocycles. The molecule has 2 aromatic heterocycles. The van der Waals surface area contributed by atoms with Gasteiger partial charge in [0.05, 0.1) is 19.2 Å². The minimum Gasteiger partial charge on any atom is -0.496 e. The Morgan fingerprint density at radius 1 is 1.39 bits per heavy atom. The maximum Gasteiger partial charge on any atom is 0.203 e. The van der Waals surface area contributed by atoms with E-state index in [1.807, 2.05) is 50.9 Å². The molecule has 146 valence electrons. The monoisotopic (exact) mass is 413 g/mol. The van der Waals surface area contributed by atoms with Crippen molar-refractivity contribution in [3.63, 3.8) is 0 Å². The predicted molar refractivity (Wildman–Crippen MR) is 116 cm³/mol. The molecule has 7 heteroatoms. The maximum absolute atomic E-state index is 5.79. The second-order valence-corrected chi connectivity index (χ2v) is 8.41. The van der Waals surface area contributed by atoms with E-state index < -0.39 is 0 Å². The largest absolute Gasteiger partial charge is 0.496 e. The molecule has 1 aliphatic heterocycles. The molecule has 0 saturated heterocycles. The molecule has 0 amide bonds. The summed E-state index contributed by atoms with van der Waals surface area (Å²) < 4.78 is 10.3. The molecule has 28 heavy (non-hydrogen) atoms. The molecule has 0 bridgehead atoms. The van der Waals surface area contributed by atoms with Crippen molar-refractivity contribution in [3.8, 4) is 17.1 Å². The van der Waals surface area contributed by atoms with Gasteiger partial charge in [0.15, 0.2) is 12.5 Å². The molecule has 0 radical (unpaired) electrons. The average Bonchev–Trinajstić information content (AvgIpc) is 3.31. The molecular weight excluding hydrogens is 388 g/mol. The molecule has 0 saturated carbocycles. The van der Waals surface area contributed by atoms with Gasteiger partial charge >= 0.3 is 0 Å². The lowest BCUT2D eigenvalue weighted by Crippen LogP contribution is -3.12. The number of quaternary nitrogens is 1. The fourth-order valence-corrected chi connectivity index (χ4v) is 5.17. The Morgan fingerprint density at radius 3 is 3.00 bits per heavy atom. The van der Waals surface area contributed by atoms with Crippen LogP contribution in [0.4, 0.5) is 0 Å². The number of thiophene rings is 1. The first-order valence-electron chi connectivity index (χ1n) is 9.46. The first kappa shape index (κ1) is 19.1. The number of benzene rings is 1. The van der Waals surface area contributed by atoms with Crippen molar-refractivity contribution in [2.45, 2.75) is 32.6 Å². The van der Waals surface area contributed by atoms with E-state index in [1.54, 1.807) is 7.11 Å². The van der Waals surface area contributed by atoms with Gasteiger partial charge in [0, 0.05) is 23.4 Å². The number of nitrogens with one attached hydrogen (secondary N) is 1. The number of allylic oxidation sites excluding steroid dienone is 1. The molecule has 4 rings (SSSR count). The molecule has 2 atom stereocenters. The van der Waals surface area contributed by atoms with Crippen LogP contribution in [-0.2, 0) is 19.6 Å². The summed E-state index contributed by atoms with van der Waals surface area (Å²) in [4.78, 5) is 3.00. The molecule has 5 nitrogen and oxygen atoms in total. The second-order valence-electron chi connectivity index (χ2n) is 7.04. The van der Waals surface area contributed by atoms with E-state index in [0.717, 1.165) is 41.5 Å². The SMILES string of the molecule is C=CCn1c(-c2ccccc2OC)nn(C[NH+]2CCc3sccc3[C@H]2C)c1=S. The van der Waals surface area contributed by atoms with Crippen molar-refractivity contribution in [3.05, 3.63) is 63.6 Å². The van der Waals surface area contributed by atoms with Gasteiger partial charge in [-0.25, -0.2) is 0 Å². The van der Waals surface area contributed by atoms with E-state index in [4.69, 9.17) is 22.1 Å². The lowest BCUT2D eigenvalue weighted by molar-refractivity contribution is -0.954. The maximum atomic E-state index is 5.79. The lowest BCUT2D eigenvalue weighted by atomic mass is 10.0. The van der Waals surface area contributed by atoms with Gasteiger partial charge in [-0.15, -0.1) is 23.0 Å². The molecular formula is C21H25N4OS2+. The Labute approximate surface area is 174 Å². The van der Waals surface area contributed by atoms with E-state index in [9.17, 15) is 0 Å². The zero-order valence-corrected chi connectivity index (χ0v) is 17.9. The van der Waals surface area contributed by atoms with Gasteiger partial charge in [0.2, 0.25) is 4.77 Å². The summed E-state index contributed by atoms with van der Waals surface area (Å²) in [5.41, 5.74) is 2.41. The summed E-state index contributed by atoms with van der Waals surface area (Å²) in [6.45, 7) is 8.65. The lowest BCUT2D eigenvalue weighted by Gasteiger charge is -2.30. The molecule has 0 fully saturated rings. The van der Waals surface area contributed by atoms with E-state index >= 15 is 0 Å². The normalized spacial score (nSPS) is 18.6. The fourth-order valence-electron chi connectivity index (χ4n) is 3.92. The molecule has 1 unspecified atom stereocenters. The third-order valence-electron chi connectivity index (χ3n) is 5.47. The van der Waals surface area contributed by atoms with Crippen molar-refractivity contribution < 1.29 is 9.64 Å². The van der Waals surface area contributed by atoms with E-state index in [-0.39, 0.29) is 0 Å². The van der Waals surface area contributed by atoms with Gasteiger partial charge < -0.3 is 9.64 Å². The Kier molecular flexibility index (Phi) is 5.48. The third-order valence-corrected chi connectivity index (χ3v) is 6.89. The summed E-state index contributed by atoms with van der Waals surface area (Å²) >= 11 is 7.66. The minimum atomic E-state index is 0.441. The van der Waals surface area contributed by atoms with Gasteiger partial charge in [-0.3, -0.25) is 4.57 Å². The summed E-state index contributed by atoms with van der Waals surface area (Å²) in [7, 11) is 1.68. The summed E-state index contributed by atoms with van der Waals surface area (Å²) in [6, 6.07) is 10.6. The van der Waals surface area contributed by atoms with Crippen LogP contribution in [0.3, 0.4) is 0 Å². The molecule has 3 aromatic rings. The van der Waals surface area contributed by atoms with Crippen molar-refractivity contribution in [1.29, 1.82) is 0 Å². The van der Waals surface area contributed by atoms with Gasteiger partial charge in [-0.05, 0) is 42.7 Å². The van der Waals surface area contributed by atoms with Crippen LogP contribution in [0.2, 0.25) is 0 Å². The summed E-state index contributed by atoms with van der Waals surface area (Å²) in [5, 5.41) is 7.11. The van der Waals surface area contributed by atoms with Gasteiger partial charge in [0.1, 0.15) is 11.8 Å². The Morgan fingerprint density at radius 2 is 2.21 bits per heavy atom. The highest BCUT2D eigenvalue weighted by Gasteiger charge is 2.29. The number of aromatic nitrogens is 3. The number of hydrogen-bond acceptors (Lipinski definition) is 4. The van der Waals surface area contributed by atoms with Crippen LogP contribution < -0.4 is 9.64 Å². The third kappa shape index (κ3) is 3.34. The summed E-state index contributed by atoms with van der Waals surface area (Å²) in [5.74, 6) is 1.61. The highest BCUT2D eigenvalue weighted by molar-refractivity contribution is 7.71. The standard InChI is InChI=1S/C21H24N4OS2/c1-4-11-24-20(17-7-5-6-8-18(17)26-3)22-25(21(24)27)14-23-12-9-19-16(15(23)2)10-13-28-19/h4-8,10,13,15H,1,9,11-12,14H2,2-3H3/p+1/t15-/m1/s1. The number of hydrogen-bond donors (Lipinski definition) is 1. The van der Waals surface area contributed by atoms with Crippen LogP contribution in [0.5, 0.6) is 5.75 Å². The van der Waals surface area contributed by atoms with Crippen LogP contribution in [0.15, 0.2) is 48.4 Å². The van der Waals surface area contributed by atoms with E-state index in [0.29, 0.717) is 12.6 Å². The molecule has 1 N–H and O–H groups in total. The zero-order chi connectivity index (χ0) is 19.7. The first-order chi connectivity index (χ1) is 13.6. The van der Waals surface area contributed by atoms with E-state index in [2.05, 4.69) is 24.9 Å². The van der Waals surface area contributed by atoms with Crippen LogP contribution >= 0.6 is 23.6 Å². The smallest absolute Gasteiger partial charge is 0.203 e. The summed E-state index contributed by atoms with van der Waals surface area (Å²) in [6.07, 6.45) is 2.97. The average molecular weight is 414 g/mol. The van der Waals surface area contributed by atoms with Crippen molar-refractivity contribution in [2.24, 2.45) is 0 Å². The quantitative estimate of drug-likeness (QED) is 0.496. The number of methoxy groups -OCH3 is 1. The van der Waals surface area contributed by atoms with E-state index in [1.165, 1.54) is 15.3 Å². The van der Waals surface area contributed by atoms with Crippen LogP contribution in [0, 0.1) is 4.77 Å². The number of para-hydroxylation sites is 1. The Bertz CT molecular complexity index is 1050. The number of rotatable bonds is 6. The van der Waals surface area contributed by atoms with Crippen molar-refractivity contribution in [1.82, 2.24) is 14.3 Å². The first-order valence-corrected chi connectivity index (χ1v) is 10.8. The van der Waals surface area contributed by atoms with Crippen LogP contribution in [0.1, 0.15) is 23.4 Å². The topological polar surface area (TPSA) is 36.4 Å². The molecule has 3 heterocycles. The highest BCUT2D eigenvalue weighted by atomic mass is 32.1. The van der Waals surface area contributed by atoms with Crippen LogP contribution in [-0.4, -0.2) is 28.0 Å². The zero-order valence-electron chi connectivity index (χ0n) is 16.2. The predicted octanol–water partition coefficient (Wildman–Crippen LogP) is 3.50. The molecule has 0 spiro atoms. The van der Waals surface area contributed by atoms with Gasteiger partial charge in [-0.2, -0.15) is 4.68 Å². The van der Waals surface area contributed by atoms with Gasteiger partial charge in [0.25, 0.3) is 0 Å². The molecule has 0 aliphatic carbocycles. The Balaban J connectivity index is 1.71. The second kappa shape index (κ2) is 8.03. The fraction of sp³-hybridized carbons (Fsp3) is 0.333. The number of fused-ring (bicyclic) bond motifs is 1. The Hall–Kier alpha value is -2.22. The van der Waals surface area contributed by atoms with Crippen LogP contribution in [0.25, 0.3) is 11.4 Å². The minimum absolute atomic E-state index is 0.441. The number of ether oxygens (including phenoxy) is 1. The van der Waals surface area contributed by atoms with Crippen molar-refractivity contribution >= 4 is 23.6 Å².